The molecule has 88 valence electrons. The summed E-state index contributed by atoms with van der Waals surface area (Å²) in [5.41, 5.74) is 7.47. The van der Waals surface area contributed by atoms with E-state index in [2.05, 4.69) is 6.58 Å². The third-order valence-corrected chi connectivity index (χ3v) is 2.31. The van der Waals surface area contributed by atoms with Crippen LogP contribution in [0.4, 0.5) is 0 Å². The van der Waals surface area contributed by atoms with E-state index >= 15 is 0 Å². The van der Waals surface area contributed by atoms with Crippen molar-refractivity contribution in [2.24, 2.45) is 5.73 Å². The van der Waals surface area contributed by atoms with E-state index in [0.29, 0.717) is 13.2 Å². The second-order valence-corrected chi connectivity index (χ2v) is 3.41. The third-order valence-electron chi connectivity index (χ3n) is 2.31. The predicted octanol–water partition coefficient (Wildman–Crippen LogP) is 2.46. The van der Waals surface area contributed by atoms with Gasteiger partial charge in [0.25, 0.3) is 0 Å². The molecule has 2 N–H and O–H groups in total. The first-order valence-corrected chi connectivity index (χ1v) is 5.42. The third kappa shape index (κ3) is 2.76. The summed E-state index contributed by atoms with van der Waals surface area (Å²) >= 11 is 0. The van der Waals surface area contributed by atoms with Gasteiger partial charge in [0.1, 0.15) is 0 Å². The van der Waals surface area contributed by atoms with E-state index in [0.717, 1.165) is 29.1 Å². The summed E-state index contributed by atoms with van der Waals surface area (Å²) in [5.74, 6) is 1.49. The summed E-state index contributed by atoms with van der Waals surface area (Å²) in [4.78, 5) is 0. The number of nitrogens with two attached hydrogens (primary N) is 1. The molecule has 0 saturated heterocycles. The van der Waals surface area contributed by atoms with Gasteiger partial charge in [-0.05, 0) is 31.5 Å². The second kappa shape index (κ2) is 6.18. The van der Waals surface area contributed by atoms with E-state index in [-0.39, 0.29) is 0 Å². The summed E-state index contributed by atoms with van der Waals surface area (Å²) in [6.45, 7) is 7.15. The van der Waals surface area contributed by atoms with Gasteiger partial charge in [0.05, 0.1) is 13.7 Å². The number of para-hydroxylation sites is 1. The number of hydrogen-bond donors (Lipinski definition) is 1. The second-order valence-electron chi connectivity index (χ2n) is 3.41. The topological polar surface area (TPSA) is 44.5 Å². The lowest BCUT2D eigenvalue weighted by Crippen LogP contribution is -2.02. The molecule has 0 radical (unpaired) electrons. The fourth-order valence-corrected chi connectivity index (χ4v) is 1.58. The molecule has 16 heavy (non-hydrogen) atoms. The Balaban J connectivity index is 3.08. The summed E-state index contributed by atoms with van der Waals surface area (Å²) in [5, 5.41) is 0. The molecule has 0 aliphatic carbocycles. The fourth-order valence-electron chi connectivity index (χ4n) is 1.58. The van der Waals surface area contributed by atoms with Gasteiger partial charge in [0.2, 0.25) is 0 Å². The lowest BCUT2D eigenvalue weighted by Gasteiger charge is -2.14. The standard InChI is InChI=1S/C13H19NO2/c1-4-16-12-7-5-6-11(13(12)15-3)10(2)8-9-14/h5-7H,2,4,8-9,14H2,1,3H3. The van der Waals surface area contributed by atoms with Crippen molar-refractivity contribution in [2.45, 2.75) is 13.3 Å². The Hall–Kier alpha value is -1.48. The zero-order valence-corrected chi connectivity index (χ0v) is 9.95. The molecule has 0 spiro atoms. The Morgan fingerprint density at radius 2 is 2.19 bits per heavy atom. The lowest BCUT2D eigenvalue weighted by atomic mass is 10.0. The molecule has 0 amide bonds. The van der Waals surface area contributed by atoms with Crippen molar-refractivity contribution in [3.05, 3.63) is 30.3 Å². The van der Waals surface area contributed by atoms with Crippen molar-refractivity contribution in [1.82, 2.24) is 0 Å². The van der Waals surface area contributed by atoms with Gasteiger partial charge in [0, 0.05) is 5.56 Å². The van der Waals surface area contributed by atoms with Gasteiger partial charge in [-0.2, -0.15) is 0 Å². The minimum absolute atomic E-state index is 0.584. The van der Waals surface area contributed by atoms with E-state index in [1.54, 1.807) is 7.11 Å². The normalized spacial score (nSPS) is 9.94. The Morgan fingerprint density at radius 3 is 2.75 bits per heavy atom. The highest BCUT2D eigenvalue weighted by molar-refractivity contribution is 5.71. The van der Waals surface area contributed by atoms with Crippen molar-refractivity contribution in [2.75, 3.05) is 20.3 Å². The highest BCUT2D eigenvalue weighted by atomic mass is 16.5. The average molecular weight is 221 g/mol. The van der Waals surface area contributed by atoms with Gasteiger partial charge in [0.15, 0.2) is 11.5 Å². The molecule has 0 aromatic heterocycles. The molecule has 0 atom stereocenters. The van der Waals surface area contributed by atoms with Crippen LogP contribution in [0.1, 0.15) is 18.9 Å². The van der Waals surface area contributed by atoms with Crippen molar-refractivity contribution < 1.29 is 9.47 Å². The lowest BCUT2D eigenvalue weighted by molar-refractivity contribution is 0.310. The Bertz CT molecular complexity index is 361. The average Bonchev–Trinajstić information content (AvgIpc) is 2.29. The quantitative estimate of drug-likeness (QED) is 0.802. The Kier molecular flexibility index (Phi) is 4.86. The molecule has 0 unspecified atom stereocenters. The van der Waals surface area contributed by atoms with Crippen LogP contribution in [0.5, 0.6) is 11.5 Å². The molecule has 0 saturated carbocycles. The van der Waals surface area contributed by atoms with E-state index in [4.69, 9.17) is 15.2 Å². The first-order valence-electron chi connectivity index (χ1n) is 5.42. The molecule has 1 aromatic rings. The van der Waals surface area contributed by atoms with Gasteiger partial charge in [-0.1, -0.05) is 18.7 Å². The maximum Gasteiger partial charge on any atom is 0.168 e. The first kappa shape index (κ1) is 12.6. The van der Waals surface area contributed by atoms with E-state index in [9.17, 15) is 0 Å². The monoisotopic (exact) mass is 221 g/mol. The summed E-state index contributed by atoms with van der Waals surface area (Å²) in [7, 11) is 1.64. The smallest absolute Gasteiger partial charge is 0.168 e. The van der Waals surface area contributed by atoms with Gasteiger partial charge in [-0.15, -0.1) is 0 Å². The molecular formula is C13H19NO2. The maximum atomic E-state index is 5.52. The Labute approximate surface area is 96.9 Å². The number of hydrogen-bond acceptors (Lipinski definition) is 3. The maximum absolute atomic E-state index is 5.52. The zero-order chi connectivity index (χ0) is 12.0. The molecule has 3 nitrogen and oxygen atoms in total. The van der Waals surface area contributed by atoms with Crippen LogP contribution >= 0.6 is 0 Å². The SMILES string of the molecule is C=C(CCN)c1cccc(OCC)c1OC. The summed E-state index contributed by atoms with van der Waals surface area (Å²) in [6, 6.07) is 5.80. The van der Waals surface area contributed by atoms with Crippen LogP contribution in [-0.2, 0) is 0 Å². The largest absolute Gasteiger partial charge is 0.492 e. The highest BCUT2D eigenvalue weighted by Crippen LogP contribution is 2.35. The van der Waals surface area contributed by atoms with Crippen molar-refractivity contribution in [1.29, 1.82) is 0 Å². The molecule has 0 heterocycles. The number of rotatable bonds is 6. The van der Waals surface area contributed by atoms with Crippen LogP contribution in [0.2, 0.25) is 0 Å². The summed E-state index contributed by atoms with van der Waals surface area (Å²) in [6.07, 6.45) is 0.756. The molecule has 0 aliphatic heterocycles. The van der Waals surface area contributed by atoms with E-state index < -0.39 is 0 Å². The van der Waals surface area contributed by atoms with E-state index in [1.165, 1.54) is 0 Å². The highest BCUT2D eigenvalue weighted by Gasteiger charge is 2.11. The van der Waals surface area contributed by atoms with Crippen LogP contribution < -0.4 is 15.2 Å². The molecule has 3 heteroatoms. The minimum Gasteiger partial charge on any atom is -0.492 e. The molecule has 1 rings (SSSR count). The van der Waals surface area contributed by atoms with Gasteiger partial charge in [-0.3, -0.25) is 0 Å². The van der Waals surface area contributed by atoms with Crippen LogP contribution in [0.25, 0.3) is 5.57 Å². The van der Waals surface area contributed by atoms with Gasteiger partial charge in [-0.25, -0.2) is 0 Å². The molecule has 0 bridgehead atoms. The van der Waals surface area contributed by atoms with Crippen LogP contribution in [0.3, 0.4) is 0 Å². The zero-order valence-electron chi connectivity index (χ0n) is 9.95. The summed E-state index contributed by atoms with van der Waals surface area (Å²) < 4.78 is 10.9. The molecule has 0 fully saturated rings. The van der Waals surface area contributed by atoms with Crippen LogP contribution in [-0.4, -0.2) is 20.3 Å². The van der Waals surface area contributed by atoms with Crippen LogP contribution in [0.15, 0.2) is 24.8 Å². The molecular weight excluding hydrogens is 202 g/mol. The number of methoxy groups -OCH3 is 1. The van der Waals surface area contributed by atoms with Crippen molar-refractivity contribution in [3.63, 3.8) is 0 Å². The fraction of sp³-hybridized carbons (Fsp3) is 0.385. The van der Waals surface area contributed by atoms with Gasteiger partial charge < -0.3 is 15.2 Å². The Morgan fingerprint density at radius 1 is 1.44 bits per heavy atom. The number of benzene rings is 1. The van der Waals surface area contributed by atoms with Gasteiger partial charge >= 0.3 is 0 Å². The van der Waals surface area contributed by atoms with Crippen molar-refractivity contribution >= 4 is 5.57 Å². The number of ether oxygens (including phenoxy) is 2. The molecule has 1 aromatic carbocycles. The van der Waals surface area contributed by atoms with E-state index in [1.807, 2.05) is 25.1 Å². The minimum atomic E-state index is 0.584. The van der Waals surface area contributed by atoms with Crippen molar-refractivity contribution in [3.8, 4) is 11.5 Å². The predicted molar refractivity (Wildman–Crippen MR) is 66.9 cm³/mol. The first-order chi connectivity index (χ1) is 7.74. The molecule has 0 aliphatic rings. The van der Waals surface area contributed by atoms with Crippen LogP contribution in [0, 0.1) is 0 Å².